The first-order valence-electron chi connectivity index (χ1n) is 6.27. The van der Waals surface area contributed by atoms with Crippen molar-refractivity contribution in [3.8, 4) is 5.75 Å². The van der Waals surface area contributed by atoms with Gasteiger partial charge >= 0.3 is 0 Å². The Morgan fingerprint density at radius 1 is 1.41 bits per heavy atom. The van der Waals surface area contributed by atoms with Gasteiger partial charge < -0.3 is 10.1 Å². The number of fused-ring (bicyclic) bond motifs is 1. The third-order valence-electron chi connectivity index (χ3n) is 3.11. The van der Waals surface area contributed by atoms with Gasteiger partial charge in [0.25, 0.3) is 0 Å². The molecule has 1 atom stereocenters. The zero-order chi connectivity index (χ0) is 12.4. The summed E-state index contributed by atoms with van der Waals surface area (Å²) in [5.41, 5.74) is 2.31. The fraction of sp³-hybridized carbons (Fsp3) is 0.571. The van der Waals surface area contributed by atoms with Gasteiger partial charge in [0.15, 0.2) is 0 Å². The van der Waals surface area contributed by atoms with Crippen molar-refractivity contribution in [2.24, 2.45) is 0 Å². The number of benzene rings is 1. The highest BCUT2D eigenvalue weighted by Crippen LogP contribution is 2.39. The van der Waals surface area contributed by atoms with Crippen molar-refractivity contribution in [2.75, 3.05) is 6.61 Å². The molecule has 0 amide bonds. The first-order chi connectivity index (χ1) is 8.09. The normalized spacial score (nSPS) is 19.7. The molecule has 1 heterocycles. The van der Waals surface area contributed by atoms with Crippen LogP contribution in [0.2, 0.25) is 5.02 Å². The van der Waals surface area contributed by atoms with Gasteiger partial charge in [-0.1, -0.05) is 31.5 Å². The van der Waals surface area contributed by atoms with E-state index in [1.54, 1.807) is 0 Å². The number of halogens is 1. The largest absolute Gasteiger partial charge is 0.493 e. The molecule has 94 valence electrons. The van der Waals surface area contributed by atoms with Crippen LogP contribution >= 0.6 is 11.6 Å². The number of nitrogens with one attached hydrogen (secondary N) is 1. The van der Waals surface area contributed by atoms with Crippen LogP contribution in [0.15, 0.2) is 12.1 Å². The summed E-state index contributed by atoms with van der Waals surface area (Å²) in [7, 11) is 0. The maximum atomic E-state index is 6.34. The van der Waals surface area contributed by atoms with Gasteiger partial charge in [-0.15, -0.1) is 0 Å². The van der Waals surface area contributed by atoms with Crippen molar-refractivity contribution in [1.82, 2.24) is 5.32 Å². The predicted molar refractivity (Wildman–Crippen MR) is 71.9 cm³/mol. The Kier molecular flexibility index (Phi) is 3.95. The average molecular weight is 254 g/mol. The fourth-order valence-electron chi connectivity index (χ4n) is 2.38. The molecule has 1 aromatic carbocycles. The number of hydrogen-bond donors (Lipinski definition) is 1. The molecule has 17 heavy (non-hydrogen) atoms. The second-order valence-electron chi connectivity index (χ2n) is 4.97. The number of rotatable bonds is 2. The van der Waals surface area contributed by atoms with Crippen LogP contribution in [0.4, 0.5) is 0 Å². The Bertz CT molecular complexity index is 403. The van der Waals surface area contributed by atoms with E-state index in [2.05, 4.69) is 26.1 Å². The molecule has 0 spiro atoms. The minimum Gasteiger partial charge on any atom is -0.493 e. The maximum absolute atomic E-state index is 6.34. The molecule has 0 bridgehead atoms. The average Bonchev–Trinajstić information content (AvgIpc) is 2.46. The smallest absolute Gasteiger partial charge is 0.128 e. The summed E-state index contributed by atoms with van der Waals surface area (Å²) in [6, 6.07) is 4.75. The van der Waals surface area contributed by atoms with Crippen LogP contribution in [0.1, 0.15) is 43.9 Å². The summed E-state index contributed by atoms with van der Waals surface area (Å²) < 4.78 is 5.85. The molecular weight excluding hydrogens is 234 g/mol. The third kappa shape index (κ3) is 2.75. The summed E-state index contributed by atoms with van der Waals surface area (Å²) in [6.45, 7) is 7.18. The molecule has 1 aliphatic rings. The lowest BCUT2D eigenvalue weighted by atomic mass is 9.99. The van der Waals surface area contributed by atoms with Gasteiger partial charge in [0.1, 0.15) is 5.75 Å². The molecule has 0 aromatic heterocycles. The second kappa shape index (κ2) is 5.28. The monoisotopic (exact) mass is 253 g/mol. The van der Waals surface area contributed by atoms with Gasteiger partial charge in [-0.2, -0.15) is 0 Å². The van der Waals surface area contributed by atoms with Gasteiger partial charge in [0.2, 0.25) is 0 Å². The molecule has 1 aromatic rings. The zero-order valence-electron chi connectivity index (χ0n) is 10.7. The molecule has 0 fully saturated rings. The van der Waals surface area contributed by atoms with E-state index in [1.165, 1.54) is 5.56 Å². The van der Waals surface area contributed by atoms with E-state index in [1.807, 2.05) is 12.1 Å². The van der Waals surface area contributed by atoms with Gasteiger partial charge in [-0.05, 0) is 31.4 Å². The molecule has 1 N–H and O–H groups in total. The summed E-state index contributed by atoms with van der Waals surface area (Å²) in [5, 5.41) is 4.39. The molecule has 0 aliphatic carbocycles. The predicted octanol–water partition coefficient (Wildman–Crippen LogP) is 3.86. The Balaban J connectivity index is 2.43. The van der Waals surface area contributed by atoms with Gasteiger partial charge in [-0.3, -0.25) is 0 Å². The van der Waals surface area contributed by atoms with Crippen LogP contribution in [-0.4, -0.2) is 12.6 Å². The highest BCUT2D eigenvalue weighted by atomic mass is 35.5. The van der Waals surface area contributed by atoms with Crippen molar-refractivity contribution in [1.29, 1.82) is 0 Å². The van der Waals surface area contributed by atoms with Gasteiger partial charge in [-0.25, -0.2) is 0 Å². The SMILES string of the molecule is Cc1ccc(Cl)c2c1OCCCC2NC(C)C. The van der Waals surface area contributed by atoms with Crippen molar-refractivity contribution in [3.63, 3.8) is 0 Å². The molecule has 3 heteroatoms. The van der Waals surface area contributed by atoms with Crippen LogP contribution in [0.3, 0.4) is 0 Å². The van der Waals surface area contributed by atoms with Crippen molar-refractivity contribution in [2.45, 2.75) is 45.7 Å². The number of ether oxygens (including phenoxy) is 1. The Morgan fingerprint density at radius 3 is 2.88 bits per heavy atom. The molecule has 2 nitrogen and oxygen atoms in total. The lowest BCUT2D eigenvalue weighted by Crippen LogP contribution is -2.28. The van der Waals surface area contributed by atoms with Crippen molar-refractivity contribution < 1.29 is 4.74 Å². The molecule has 1 unspecified atom stereocenters. The van der Waals surface area contributed by atoms with E-state index in [-0.39, 0.29) is 0 Å². The van der Waals surface area contributed by atoms with E-state index < -0.39 is 0 Å². The Hall–Kier alpha value is -0.730. The van der Waals surface area contributed by atoms with Crippen LogP contribution in [0.5, 0.6) is 5.75 Å². The number of aryl methyl sites for hydroxylation is 1. The van der Waals surface area contributed by atoms with E-state index in [0.29, 0.717) is 12.1 Å². The minimum atomic E-state index is 0.305. The van der Waals surface area contributed by atoms with Gasteiger partial charge in [0, 0.05) is 22.7 Å². The zero-order valence-corrected chi connectivity index (χ0v) is 11.5. The van der Waals surface area contributed by atoms with E-state index >= 15 is 0 Å². The second-order valence-corrected chi connectivity index (χ2v) is 5.38. The van der Waals surface area contributed by atoms with E-state index in [9.17, 15) is 0 Å². The van der Waals surface area contributed by atoms with Gasteiger partial charge in [0.05, 0.1) is 6.61 Å². The molecule has 0 radical (unpaired) electrons. The fourth-order valence-corrected chi connectivity index (χ4v) is 2.66. The highest BCUT2D eigenvalue weighted by Gasteiger charge is 2.24. The molecular formula is C14H20ClNO. The summed E-state index contributed by atoms with van der Waals surface area (Å²) in [4.78, 5) is 0. The first kappa shape index (κ1) is 12.7. The van der Waals surface area contributed by atoms with Crippen molar-refractivity contribution >= 4 is 11.6 Å². The molecule has 0 saturated heterocycles. The summed E-state index contributed by atoms with van der Waals surface area (Å²) in [6.07, 6.45) is 2.14. The molecule has 0 saturated carbocycles. The topological polar surface area (TPSA) is 21.3 Å². The lowest BCUT2D eigenvalue weighted by Gasteiger charge is -2.22. The summed E-state index contributed by atoms with van der Waals surface area (Å²) >= 11 is 6.34. The quantitative estimate of drug-likeness (QED) is 0.864. The molecule has 1 aliphatic heterocycles. The lowest BCUT2D eigenvalue weighted by molar-refractivity contribution is 0.313. The first-order valence-corrected chi connectivity index (χ1v) is 6.65. The van der Waals surface area contributed by atoms with Crippen LogP contribution < -0.4 is 10.1 Å². The van der Waals surface area contributed by atoms with E-state index in [4.69, 9.17) is 16.3 Å². The van der Waals surface area contributed by atoms with E-state index in [0.717, 1.165) is 35.8 Å². The van der Waals surface area contributed by atoms with Crippen LogP contribution in [0.25, 0.3) is 0 Å². The number of hydrogen-bond acceptors (Lipinski definition) is 2. The standard InChI is InChI=1S/C14H20ClNO/c1-9(2)16-12-5-4-8-17-14-10(3)6-7-11(15)13(12)14/h6-7,9,12,16H,4-5,8H2,1-3H3. The van der Waals surface area contributed by atoms with Crippen molar-refractivity contribution in [3.05, 3.63) is 28.3 Å². The third-order valence-corrected chi connectivity index (χ3v) is 3.44. The summed E-state index contributed by atoms with van der Waals surface area (Å²) in [5.74, 6) is 0.980. The highest BCUT2D eigenvalue weighted by molar-refractivity contribution is 6.31. The Morgan fingerprint density at radius 2 is 2.18 bits per heavy atom. The molecule has 2 rings (SSSR count). The van der Waals surface area contributed by atoms with Crippen LogP contribution in [-0.2, 0) is 0 Å². The Labute approximate surface area is 108 Å². The van der Waals surface area contributed by atoms with Crippen LogP contribution in [0, 0.1) is 6.92 Å². The minimum absolute atomic E-state index is 0.305. The maximum Gasteiger partial charge on any atom is 0.128 e.